The molecular weight excluding hydrogens is 274 g/mol. The smallest absolute Gasteiger partial charge is 0.246 e. The topological polar surface area (TPSA) is 49.4 Å². The van der Waals surface area contributed by atoms with Crippen LogP contribution in [0.5, 0.6) is 0 Å². The number of benzene rings is 1. The standard InChI is InChI=1S/C12H16F2N2O2S/c1-15-8-10-3-2-6-16(10)19(17,18)12-5-4-9(13)7-11(12)14/h4-5,7,10,15H,2-3,6,8H2,1H3/t10-/m1/s1. The van der Waals surface area contributed by atoms with Crippen LogP contribution < -0.4 is 5.32 Å². The van der Waals surface area contributed by atoms with Gasteiger partial charge in [0.1, 0.15) is 16.5 Å². The molecule has 1 heterocycles. The Labute approximate surface area is 111 Å². The summed E-state index contributed by atoms with van der Waals surface area (Å²) in [4.78, 5) is -0.461. The number of nitrogens with zero attached hydrogens (tertiary/aromatic N) is 1. The molecule has 2 rings (SSSR count). The van der Waals surface area contributed by atoms with Gasteiger partial charge in [0.15, 0.2) is 0 Å². The molecule has 1 N–H and O–H groups in total. The van der Waals surface area contributed by atoms with Crippen LogP contribution in [0.25, 0.3) is 0 Å². The SMILES string of the molecule is CNC[C@H]1CCCN1S(=O)(=O)c1ccc(F)cc1F. The molecule has 19 heavy (non-hydrogen) atoms. The Morgan fingerprint density at radius 1 is 1.42 bits per heavy atom. The van der Waals surface area contributed by atoms with E-state index in [2.05, 4.69) is 5.32 Å². The molecule has 0 spiro atoms. The van der Waals surface area contributed by atoms with Crippen molar-refractivity contribution in [3.8, 4) is 0 Å². The summed E-state index contributed by atoms with van der Waals surface area (Å²) in [7, 11) is -2.17. The van der Waals surface area contributed by atoms with E-state index in [4.69, 9.17) is 0 Å². The molecule has 0 radical (unpaired) electrons. The summed E-state index contributed by atoms with van der Waals surface area (Å²) >= 11 is 0. The van der Waals surface area contributed by atoms with Crippen LogP contribution in [0.2, 0.25) is 0 Å². The van der Waals surface area contributed by atoms with Crippen LogP contribution in [0.15, 0.2) is 23.1 Å². The van der Waals surface area contributed by atoms with Crippen molar-refractivity contribution in [2.45, 2.75) is 23.8 Å². The fourth-order valence-electron chi connectivity index (χ4n) is 2.38. The van der Waals surface area contributed by atoms with Gasteiger partial charge in [-0.25, -0.2) is 17.2 Å². The highest BCUT2D eigenvalue weighted by Crippen LogP contribution is 2.27. The minimum absolute atomic E-state index is 0.181. The molecule has 1 aromatic rings. The van der Waals surface area contributed by atoms with Crippen molar-refractivity contribution in [1.82, 2.24) is 9.62 Å². The van der Waals surface area contributed by atoms with Crippen molar-refractivity contribution in [3.05, 3.63) is 29.8 Å². The predicted molar refractivity (Wildman–Crippen MR) is 67.2 cm³/mol. The second-order valence-corrected chi connectivity index (χ2v) is 6.40. The Hall–Kier alpha value is -1.05. The third kappa shape index (κ3) is 2.77. The van der Waals surface area contributed by atoms with Gasteiger partial charge in [-0.15, -0.1) is 0 Å². The van der Waals surface area contributed by atoms with E-state index < -0.39 is 26.6 Å². The zero-order valence-corrected chi connectivity index (χ0v) is 11.4. The Bertz CT molecular complexity index is 563. The lowest BCUT2D eigenvalue weighted by molar-refractivity contribution is 0.376. The largest absolute Gasteiger partial charge is 0.318 e. The third-order valence-corrected chi connectivity index (χ3v) is 5.23. The van der Waals surface area contributed by atoms with Crippen molar-refractivity contribution < 1.29 is 17.2 Å². The second kappa shape index (κ2) is 5.52. The van der Waals surface area contributed by atoms with E-state index in [1.165, 1.54) is 4.31 Å². The van der Waals surface area contributed by atoms with E-state index in [1.54, 1.807) is 7.05 Å². The van der Waals surface area contributed by atoms with Crippen LogP contribution >= 0.6 is 0 Å². The first-order chi connectivity index (χ1) is 8.96. The van der Waals surface area contributed by atoms with Crippen molar-refractivity contribution >= 4 is 10.0 Å². The minimum Gasteiger partial charge on any atom is -0.318 e. The number of hydrogen-bond acceptors (Lipinski definition) is 3. The number of hydrogen-bond donors (Lipinski definition) is 1. The van der Waals surface area contributed by atoms with E-state index in [9.17, 15) is 17.2 Å². The minimum atomic E-state index is -3.91. The maximum Gasteiger partial charge on any atom is 0.246 e. The lowest BCUT2D eigenvalue weighted by Gasteiger charge is -2.24. The number of halogens is 2. The molecule has 0 aromatic heterocycles. The van der Waals surface area contributed by atoms with Gasteiger partial charge in [-0.1, -0.05) is 0 Å². The summed E-state index contributed by atoms with van der Waals surface area (Å²) in [5.74, 6) is -1.83. The first-order valence-electron chi connectivity index (χ1n) is 6.08. The average Bonchev–Trinajstić information content (AvgIpc) is 2.78. The number of sulfonamides is 1. The normalized spacial score (nSPS) is 20.9. The van der Waals surface area contributed by atoms with E-state index >= 15 is 0 Å². The Kier molecular flexibility index (Phi) is 4.17. The summed E-state index contributed by atoms with van der Waals surface area (Å²) in [5.41, 5.74) is 0. The molecule has 0 saturated carbocycles. The molecule has 1 fully saturated rings. The zero-order chi connectivity index (χ0) is 14.0. The van der Waals surface area contributed by atoms with Crippen LogP contribution in [-0.2, 0) is 10.0 Å². The fraction of sp³-hybridized carbons (Fsp3) is 0.500. The first-order valence-corrected chi connectivity index (χ1v) is 7.52. The van der Waals surface area contributed by atoms with Gasteiger partial charge >= 0.3 is 0 Å². The molecule has 1 aromatic carbocycles. The lowest BCUT2D eigenvalue weighted by atomic mass is 10.2. The highest BCUT2D eigenvalue weighted by Gasteiger charge is 2.36. The van der Waals surface area contributed by atoms with Crippen molar-refractivity contribution in [2.24, 2.45) is 0 Å². The van der Waals surface area contributed by atoms with Gasteiger partial charge in [0.05, 0.1) is 0 Å². The molecule has 1 saturated heterocycles. The lowest BCUT2D eigenvalue weighted by Crippen LogP contribution is -2.41. The third-order valence-electron chi connectivity index (χ3n) is 3.24. The van der Waals surface area contributed by atoms with Crippen LogP contribution in [0.3, 0.4) is 0 Å². The quantitative estimate of drug-likeness (QED) is 0.910. The molecule has 7 heteroatoms. The maximum absolute atomic E-state index is 13.7. The van der Waals surface area contributed by atoms with E-state index in [0.29, 0.717) is 19.2 Å². The van der Waals surface area contributed by atoms with Gasteiger partial charge in [-0.3, -0.25) is 0 Å². The molecule has 1 atom stereocenters. The molecule has 4 nitrogen and oxygen atoms in total. The van der Waals surface area contributed by atoms with Gasteiger partial charge in [-0.2, -0.15) is 4.31 Å². The van der Waals surface area contributed by atoms with Gasteiger partial charge < -0.3 is 5.32 Å². The van der Waals surface area contributed by atoms with Crippen molar-refractivity contribution in [1.29, 1.82) is 0 Å². The van der Waals surface area contributed by atoms with E-state index in [-0.39, 0.29) is 6.04 Å². The summed E-state index contributed by atoms with van der Waals surface area (Å²) in [6, 6.07) is 2.35. The number of rotatable bonds is 4. The Balaban J connectivity index is 2.36. The summed E-state index contributed by atoms with van der Waals surface area (Å²) in [6.07, 6.45) is 1.48. The molecule has 1 aliphatic rings. The molecule has 1 aliphatic heterocycles. The van der Waals surface area contributed by atoms with Gasteiger partial charge in [-0.05, 0) is 32.0 Å². The predicted octanol–water partition coefficient (Wildman–Crippen LogP) is 1.34. The van der Waals surface area contributed by atoms with Crippen LogP contribution in [0.4, 0.5) is 8.78 Å². The molecule has 0 unspecified atom stereocenters. The highest BCUT2D eigenvalue weighted by atomic mass is 32.2. The second-order valence-electron chi connectivity index (χ2n) is 4.54. The van der Waals surface area contributed by atoms with Crippen LogP contribution in [-0.4, -0.2) is 38.9 Å². The first kappa shape index (κ1) is 14.4. The van der Waals surface area contributed by atoms with Gasteiger partial charge in [0, 0.05) is 25.2 Å². The molecule has 0 amide bonds. The molecule has 0 bridgehead atoms. The summed E-state index contributed by atoms with van der Waals surface area (Å²) in [5, 5.41) is 2.93. The molecule has 106 valence electrons. The van der Waals surface area contributed by atoms with Crippen molar-refractivity contribution in [2.75, 3.05) is 20.1 Å². The average molecular weight is 290 g/mol. The highest BCUT2D eigenvalue weighted by molar-refractivity contribution is 7.89. The maximum atomic E-state index is 13.7. The zero-order valence-electron chi connectivity index (χ0n) is 10.6. The fourth-order valence-corrected chi connectivity index (χ4v) is 4.12. The van der Waals surface area contributed by atoms with E-state index in [1.807, 2.05) is 0 Å². The molecule has 0 aliphatic carbocycles. The van der Waals surface area contributed by atoms with Crippen molar-refractivity contribution in [3.63, 3.8) is 0 Å². The van der Waals surface area contributed by atoms with Gasteiger partial charge in [0.25, 0.3) is 0 Å². The van der Waals surface area contributed by atoms with Crippen LogP contribution in [0, 0.1) is 11.6 Å². The monoisotopic (exact) mass is 290 g/mol. The van der Waals surface area contributed by atoms with Crippen LogP contribution in [0.1, 0.15) is 12.8 Å². The Morgan fingerprint density at radius 2 is 2.16 bits per heavy atom. The number of likely N-dealkylation sites (N-methyl/N-ethyl adjacent to an activating group) is 1. The summed E-state index contributed by atoms with van der Waals surface area (Å²) < 4.78 is 52.6. The summed E-state index contributed by atoms with van der Waals surface area (Å²) in [6.45, 7) is 0.882. The number of nitrogens with one attached hydrogen (secondary N) is 1. The van der Waals surface area contributed by atoms with Gasteiger partial charge in [0.2, 0.25) is 10.0 Å². The molecular formula is C12H16F2N2O2S. The Morgan fingerprint density at radius 3 is 2.79 bits per heavy atom. The van der Waals surface area contributed by atoms with E-state index in [0.717, 1.165) is 25.0 Å².